The number of nitro groups is 1. The molecule has 0 aromatic heterocycles. The second kappa shape index (κ2) is 8.39. The van der Waals surface area contributed by atoms with Gasteiger partial charge >= 0.3 is 0 Å². The van der Waals surface area contributed by atoms with Gasteiger partial charge in [-0.2, -0.15) is 0 Å². The lowest BCUT2D eigenvalue weighted by Crippen LogP contribution is -1.99. The molecule has 0 atom stereocenters. The van der Waals surface area contributed by atoms with E-state index in [1.807, 2.05) is 0 Å². The predicted octanol–water partition coefficient (Wildman–Crippen LogP) is 5.00. The number of nitro benzene ring substituents is 1. The quantitative estimate of drug-likeness (QED) is 0.424. The van der Waals surface area contributed by atoms with Gasteiger partial charge < -0.3 is 14.2 Å². The third-order valence-corrected chi connectivity index (χ3v) is 4.19. The van der Waals surface area contributed by atoms with Crippen molar-refractivity contribution in [2.75, 3.05) is 14.2 Å². The van der Waals surface area contributed by atoms with E-state index in [1.165, 1.54) is 37.4 Å². The largest absolute Gasteiger partial charge is 0.497 e. The molecule has 0 saturated carbocycles. The zero-order valence-corrected chi connectivity index (χ0v) is 15.3. The van der Waals surface area contributed by atoms with Crippen molar-refractivity contribution in [3.05, 3.63) is 82.2 Å². The maximum absolute atomic E-state index is 13.9. The molecule has 3 aromatic rings. The molecule has 0 saturated heterocycles. The minimum atomic E-state index is -0.484. The third-order valence-electron chi connectivity index (χ3n) is 4.19. The molecule has 3 rings (SSSR count). The maximum Gasteiger partial charge on any atom is 0.270 e. The molecule has 6 nitrogen and oxygen atoms in total. The predicted molar refractivity (Wildman–Crippen MR) is 102 cm³/mol. The Hall–Kier alpha value is -3.61. The molecule has 0 amide bonds. The Morgan fingerprint density at radius 2 is 1.64 bits per heavy atom. The van der Waals surface area contributed by atoms with Crippen molar-refractivity contribution in [2.45, 2.75) is 6.61 Å². The molecule has 0 aliphatic heterocycles. The summed E-state index contributed by atoms with van der Waals surface area (Å²) in [6, 6.07) is 16.0. The van der Waals surface area contributed by atoms with Crippen LogP contribution in [0.15, 0.2) is 60.7 Å². The number of non-ortho nitro benzene ring substituents is 1. The van der Waals surface area contributed by atoms with Gasteiger partial charge in [0.05, 0.1) is 19.1 Å². The highest BCUT2D eigenvalue weighted by atomic mass is 19.1. The van der Waals surface area contributed by atoms with Crippen LogP contribution in [0, 0.1) is 15.9 Å². The van der Waals surface area contributed by atoms with Crippen molar-refractivity contribution in [3.63, 3.8) is 0 Å². The van der Waals surface area contributed by atoms with E-state index in [-0.39, 0.29) is 18.0 Å². The molecule has 0 bridgehead atoms. The Morgan fingerprint density at radius 3 is 2.25 bits per heavy atom. The number of rotatable bonds is 7. The summed E-state index contributed by atoms with van der Waals surface area (Å²) in [6.45, 7) is 0.0991. The summed E-state index contributed by atoms with van der Waals surface area (Å²) in [6.07, 6.45) is 0. The maximum atomic E-state index is 13.9. The average molecular weight is 383 g/mol. The van der Waals surface area contributed by atoms with E-state index in [2.05, 4.69) is 0 Å². The summed E-state index contributed by atoms with van der Waals surface area (Å²) in [5.41, 5.74) is 1.86. The lowest BCUT2D eigenvalue weighted by atomic mass is 10.0. The number of halogens is 1. The lowest BCUT2D eigenvalue weighted by Gasteiger charge is -2.13. The molecule has 0 aliphatic carbocycles. The number of hydrogen-bond acceptors (Lipinski definition) is 5. The van der Waals surface area contributed by atoms with Gasteiger partial charge in [-0.1, -0.05) is 18.2 Å². The normalized spacial score (nSPS) is 10.4. The van der Waals surface area contributed by atoms with Gasteiger partial charge in [-0.05, 0) is 41.5 Å². The summed E-state index contributed by atoms with van der Waals surface area (Å²) in [4.78, 5) is 10.7. The minimum absolute atomic E-state index is 0.0475. The van der Waals surface area contributed by atoms with Gasteiger partial charge in [0.1, 0.15) is 18.1 Å². The Bertz CT molecular complexity index is 989. The first-order valence-corrected chi connectivity index (χ1v) is 8.40. The zero-order valence-electron chi connectivity index (χ0n) is 15.3. The fraction of sp³-hybridized carbons (Fsp3) is 0.143. The van der Waals surface area contributed by atoms with Crippen LogP contribution in [0.5, 0.6) is 17.2 Å². The summed E-state index contributed by atoms with van der Waals surface area (Å²) in [5, 5.41) is 11.2. The van der Waals surface area contributed by atoms with Gasteiger partial charge in [-0.3, -0.25) is 10.1 Å². The minimum Gasteiger partial charge on any atom is -0.497 e. The van der Waals surface area contributed by atoms with Crippen LogP contribution in [0.2, 0.25) is 0 Å². The van der Waals surface area contributed by atoms with E-state index in [1.54, 1.807) is 37.4 Å². The standard InChI is InChI=1S/C21H18FNO5/c1-26-17-7-4-15(5-8-17)18-12-16(23(24)25)6-10-20(18)28-13-14-3-9-21(27-2)19(22)11-14/h3-12H,13H2,1-2H3. The number of methoxy groups -OCH3 is 2. The molecule has 3 aromatic carbocycles. The number of benzene rings is 3. The topological polar surface area (TPSA) is 70.8 Å². The molecule has 0 aliphatic rings. The zero-order chi connectivity index (χ0) is 20.1. The second-order valence-electron chi connectivity index (χ2n) is 5.92. The van der Waals surface area contributed by atoms with Gasteiger partial charge in [0.2, 0.25) is 0 Å². The van der Waals surface area contributed by atoms with Crippen LogP contribution < -0.4 is 14.2 Å². The highest BCUT2D eigenvalue weighted by Crippen LogP contribution is 2.35. The number of ether oxygens (including phenoxy) is 3. The van der Waals surface area contributed by atoms with Crippen molar-refractivity contribution in [1.82, 2.24) is 0 Å². The van der Waals surface area contributed by atoms with Crippen molar-refractivity contribution < 1.29 is 23.5 Å². The molecule has 0 unspecified atom stereocenters. The highest BCUT2D eigenvalue weighted by molar-refractivity contribution is 5.73. The smallest absolute Gasteiger partial charge is 0.270 e. The van der Waals surface area contributed by atoms with Gasteiger partial charge in [0.25, 0.3) is 5.69 Å². The Morgan fingerprint density at radius 1 is 0.929 bits per heavy atom. The van der Waals surface area contributed by atoms with Gasteiger partial charge in [0, 0.05) is 17.7 Å². The SMILES string of the molecule is COc1ccc(-c2cc([N+](=O)[O-])ccc2OCc2ccc(OC)c(F)c2)cc1. The Labute approximate surface area is 161 Å². The fourth-order valence-electron chi connectivity index (χ4n) is 2.71. The van der Waals surface area contributed by atoms with Crippen LogP contribution >= 0.6 is 0 Å². The Balaban J connectivity index is 1.91. The molecule has 7 heteroatoms. The van der Waals surface area contributed by atoms with Crippen LogP contribution in [0.25, 0.3) is 11.1 Å². The van der Waals surface area contributed by atoms with Gasteiger partial charge in [-0.15, -0.1) is 0 Å². The van der Waals surface area contributed by atoms with Crippen molar-refractivity contribution in [2.24, 2.45) is 0 Å². The van der Waals surface area contributed by atoms with E-state index in [4.69, 9.17) is 14.2 Å². The van der Waals surface area contributed by atoms with E-state index < -0.39 is 10.7 Å². The molecule has 0 spiro atoms. The molecule has 144 valence electrons. The monoisotopic (exact) mass is 383 g/mol. The number of nitrogens with zero attached hydrogens (tertiary/aromatic N) is 1. The van der Waals surface area contributed by atoms with E-state index in [0.717, 1.165) is 5.56 Å². The van der Waals surface area contributed by atoms with Crippen molar-refractivity contribution >= 4 is 5.69 Å². The Kier molecular flexibility index (Phi) is 5.74. The van der Waals surface area contributed by atoms with Crippen LogP contribution in [0.3, 0.4) is 0 Å². The van der Waals surface area contributed by atoms with Crippen LogP contribution in [0.1, 0.15) is 5.56 Å². The van der Waals surface area contributed by atoms with E-state index >= 15 is 0 Å². The van der Waals surface area contributed by atoms with Crippen LogP contribution in [-0.2, 0) is 6.61 Å². The van der Waals surface area contributed by atoms with Gasteiger partial charge in [-0.25, -0.2) is 4.39 Å². The molecular weight excluding hydrogens is 365 g/mol. The highest BCUT2D eigenvalue weighted by Gasteiger charge is 2.14. The van der Waals surface area contributed by atoms with Crippen molar-refractivity contribution in [1.29, 1.82) is 0 Å². The van der Waals surface area contributed by atoms with Crippen molar-refractivity contribution in [3.8, 4) is 28.4 Å². The molecule has 0 fully saturated rings. The average Bonchev–Trinajstić information content (AvgIpc) is 2.72. The fourth-order valence-corrected chi connectivity index (χ4v) is 2.71. The first-order chi connectivity index (χ1) is 13.5. The molecule has 0 N–H and O–H groups in total. The summed E-state index contributed by atoms with van der Waals surface area (Å²) >= 11 is 0. The second-order valence-corrected chi connectivity index (χ2v) is 5.92. The molecule has 0 heterocycles. The van der Waals surface area contributed by atoms with E-state index in [9.17, 15) is 14.5 Å². The van der Waals surface area contributed by atoms with Crippen LogP contribution in [-0.4, -0.2) is 19.1 Å². The third kappa shape index (κ3) is 4.20. The van der Waals surface area contributed by atoms with Gasteiger partial charge in [0.15, 0.2) is 11.6 Å². The van der Waals surface area contributed by atoms with Crippen LogP contribution in [0.4, 0.5) is 10.1 Å². The number of hydrogen-bond donors (Lipinski definition) is 0. The summed E-state index contributed by atoms with van der Waals surface area (Å²) in [7, 11) is 2.96. The summed E-state index contributed by atoms with van der Waals surface area (Å²) < 4.78 is 29.8. The molecule has 0 radical (unpaired) electrons. The lowest BCUT2D eigenvalue weighted by molar-refractivity contribution is -0.384. The van der Waals surface area contributed by atoms with E-state index in [0.29, 0.717) is 22.6 Å². The first-order valence-electron chi connectivity index (χ1n) is 8.40. The molecular formula is C21H18FNO5. The first kappa shape index (κ1) is 19.2. The molecule has 28 heavy (non-hydrogen) atoms. The summed E-state index contributed by atoms with van der Waals surface area (Å²) in [5.74, 6) is 0.790.